The first-order chi connectivity index (χ1) is 10.7. The number of nitrogens with zero attached hydrogens (tertiary/aromatic N) is 4. The lowest BCUT2D eigenvalue weighted by molar-refractivity contribution is -0.133. The number of hydrogen-bond acceptors (Lipinski definition) is 3. The average Bonchev–Trinajstić information content (AvgIpc) is 3.07. The summed E-state index contributed by atoms with van der Waals surface area (Å²) in [5.41, 5.74) is 0. The predicted molar refractivity (Wildman–Crippen MR) is 86.8 cm³/mol. The van der Waals surface area contributed by atoms with Crippen molar-refractivity contribution in [3.05, 3.63) is 0 Å². The van der Waals surface area contributed by atoms with E-state index in [4.69, 9.17) is 0 Å². The highest BCUT2D eigenvalue weighted by atomic mass is 16.2. The van der Waals surface area contributed by atoms with Gasteiger partial charge in [0.05, 0.1) is 0 Å². The highest BCUT2D eigenvalue weighted by Crippen LogP contribution is 2.10. The Labute approximate surface area is 134 Å². The molecule has 2 heterocycles. The molecule has 0 N–H and O–H groups in total. The van der Waals surface area contributed by atoms with Gasteiger partial charge in [-0.15, -0.1) is 0 Å². The summed E-state index contributed by atoms with van der Waals surface area (Å²) in [5, 5.41) is 0. The molecular formula is C16H30N4O2. The first kappa shape index (κ1) is 17.1. The van der Waals surface area contributed by atoms with Crippen LogP contribution in [0.5, 0.6) is 0 Å². The fourth-order valence-corrected chi connectivity index (χ4v) is 3.26. The number of piperazine rings is 1. The van der Waals surface area contributed by atoms with Gasteiger partial charge in [-0.1, -0.05) is 0 Å². The standard InChI is InChI=1S/C16H30N4O2/c1-3-18(4-2)16(22)20-13-11-19(12-14-20)15(21)7-10-17-8-5-6-9-17/h3-14H2,1-2H3. The van der Waals surface area contributed by atoms with Crippen LogP contribution in [0.4, 0.5) is 4.79 Å². The smallest absolute Gasteiger partial charge is 0.320 e. The van der Waals surface area contributed by atoms with Gasteiger partial charge in [-0.05, 0) is 39.8 Å². The van der Waals surface area contributed by atoms with Gasteiger partial charge >= 0.3 is 6.03 Å². The van der Waals surface area contributed by atoms with Crippen LogP contribution in [0.2, 0.25) is 0 Å². The van der Waals surface area contributed by atoms with Crippen LogP contribution in [0.1, 0.15) is 33.1 Å². The van der Waals surface area contributed by atoms with Crippen molar-refractivity contribution in [2.45, 2.75) is 33.1 Å². The number of likely N-dealkylation sites (tertiary alicyclic amines) is 1. The van der Waals surface area contributed by atoms with E-state index in [1.54, 1.807) is 0 Å². The fraction of sp³-hybridized carbons (Fsp3) is 0.875. The van der Waals surface area contributed by atoms with E-state index in [9.17, 15) is 9.59 Å². The third-order valence-electron chi connectivity index (χ3n) is 4.78. The van der Waals surface area contributed by atoms with Crippen molar-refractivity contribution in [1.82, 2.24) is 19.6 Å². The van der Waals surface area contributed by atoms with E-state index >= 15 is 0 Å². The molecule has 126 valence electrons. The molecule has 0 unspecified atom stereocenters. The molecule has 0 atom stereocenters. The zero-order valence-corrected chi connectivity index (χ0v) is 14.1. The first-order valence-corrected chi connectivity index (χ1v) is 8.69. The molecule has 0 bridgehead atoms. The molecule has 22 heavy (non-hydrogen) atoms. The summed E-state index contributed by atoms with van der Waals surface area (Å²) in [7, 11) is 0. The van der Waals surface area contributed by atoms with Gasteiger partial charge < -0.3 is 19.6 Å². The lowest BCUT2D eigenvalue weighted by Gasteiger charge is -2.37. The molecule has 0 spiro atoms. The maximum atomic E-state index is 12.3. The highest BCUT2D eigenvalue weighted by molar-refractivity contribution is 5.78. The summed E-state index contributed by atoms with van der Waals surface area (Å²) >= 11 is 0. The van der Waals surface area contributed by atoms with Crippen molar-refractivity contribution in [3.8, 4) is 0 Å². The number of rotatable bonds is 5. The number of amides is 3. The first-order valence-electron chi connectivity index (χ1n) is 8.69. The lowest BCUT2D eigenvalue weighted by Crippen LogP contribution is -2.54. The molecule has 2 saturated heterocycles. The minimum absolute atomic E-state index is 0.106. The van der Waals surface area contributed by atoms with E-state index in [0.29, 0.717) is 32.6 Å². The molecule has 0 aromatic rings. The minimum atomic E-state index is 0.106. The molecule has 6 heteroatoms. The molecule has 0 aromatic heterocycles. The highest BCUT2D eigenvalue weighted by Gasteiger charge is 2.26. The molecule has 0 saturated carbocycles. The normalized spacial score (nSPS) is 19.5. The molecule has 2 aliphatic heterocycles. The van der Waals surface area contributed by atoms with Gasteiger partial charge in [0.2, 0.25) is 5.91 Å². The van der Waals surface area contributed by atoms with E-state index < -0.39 is 0 Å². The number of urea groups is 1. The minimum Gasteiger partial charge on any atom is -0.339 e. The number of carbonyl (C=O) groups excluding carboxylic acids is 2. The Morgan fingerprint density at radius 3 is 1.95 bits per heavy atom. The summed E-state index contributed by atoms with van der Waals surface area (Å²) in [6, 6.07) is 0.106. The zero-order valence-electron chi connectivity index (χ0n) is 14.1. The van der Waals surface area contributed by atoms with E-state index in [1.807, 2.05) is 28.5 Å². The average molecular weight is 310 g/mol. The monoisotopic (exact) mass is 310 g/mol. The number of carbonyl (C=O) groups is 2. The lowest BCUT2D eigenvalue weighted by atomic mass is 10.2. The third kappa shape index (κ3) is 4.35. The topological polar surface area (TPSA) is 47.1 Å². The van der Waals surface area contributed by atoms with Crippen molar-refractivity contribution in [2.24, 2.45) is 0 Å². The van der Waals surface area contributed by atoms with E-state index in [2.05, 4.69) is 4.90 Å². The van der Waals surface area contributed by atoms with E-state index in [0.717, 1.165) is 32.7 Å². The van der Waals surface area contributed by atoms with Crippen LogP contribution >= 0.6 is 0 Å². The Kier molecular flexibility index (Phi) is 6.49. The molecule has 2 fully saturated rings. The van der Waals surface area contributed by atoms with Crippen molar-refractivity contribution < 1.29 is 9.59 Å². The van der Waals surface area contributed by atoms with Gasteiger partial charge in [-0.3, -0.25) is 4.79 Å². The molecule has 0 aliphatic carbocycles. The Morgan fingerprint density at radius 2 is 1.41 bits per heavy atom. The second-order valence-corrected chi connectivity index (χ2v) is 6.12. The second kappa shape index (κ2) is 8.36. The molecule has 0 radical (unpaired) electrons. The van der Waals surface area contributed by atoms with Crippen molar-refractivity contribution in [2.75, 3.05) is 58.9 Å². The van der Waals surface area contributed by atoms with Crippen LogP contribution in [0.25, 0.3) is 0 Å². The van der Waals surface area contributed by atoms with Crippen LogP contribution in [0, 0.1) is 0 Å². The van der Waals surface area contributed by atoms with Crippen molar-refractivity contribution >= 4 is 11.9 Å². The fourth-order valence-electron chi connectivity index (χ4n) is 3.26. The summed E-state index contributed by atoms with van der Waals surface area (Å²) in [4.78, 5) is 32.5. The summed E-state index contributed by atoms with van der Waals surface area (Å²) < 4.78 is 0. The zero-order chi connectivity index (χ0) is 15.9. The molecule has 2 aliphatic rings. The second-order valence-electron chi connectivity index (χ2n) is 6.12. The third-order valence-corrected chi connectivity index (χ3v) is 4.78. The Bertz CT molecular complexity index is 370. The quantitative estimate of drug-likeness (QED) is 0.763. The van der Waals surface area contributed by atoms with Gasteiger partial charge in [0, 0.05) is 52.2 Å². The van der Waals surface area contributed by atoms with Gasteiger partial charge in [-0.25, -0.2) is 4.79 Å². The predicted octanol–water partition coefficient (Wildman–Crippen LogP) is 1.08. The molecule has 2 rings (SSSR count). The summed E-state index contributed by atoms with van der Waals surface area (Å²) in [6.45, 7) is 11.3. The Hall–Kier alpha value is -1.30. The summed E-state index contributed by atoms with van der Waals surface area (Å²) in [5.74, 6) is 0.238. The molecule has 6 nitrogen and oxygen atoms in total. The van der Waals surface area contributed by atoms with Crippen LogP contribution in [0.15, 0.2) is 0 Å². The van der Waals surface area contributed by atoms with Crippen LogP contribution in [-0.4, -0.2) is 90.4 Å². The Morgan fingerprint density at radius 1 is 0.864 bits per heavy atom. The van der Waals surface area contributed by atoms with Crippen molar-refractivity contribution in [3.63, 3.8) is 0 Å². The van der Waals surface area contributed by atoms with Crippen LogP contribution in [-0.2, 0) is 4.79 Å². The van der Waals surface area contributed by atoms with Crippen LogP contribution in [0.3, 0.4) is 0 Å². The maximum absolute atomic E-state index is 12.3. The van der Waals surface area contributed by atoms with Crippen molar-refractivity contribution in [1.29, 1.82) is 0 Å². The maximum Gasteiger partial charge on any atom is 0.320 e. The Balaban J connectivity index is 1.71. The largest absolute Gasteiger partial charge is 0.339 e. The molecular weight excluding hydrogens is 280 g/mol. The van der Waals surface area contributed by atoms with Crippen LogP contribution < -0.4 is 0 Å². The molecule has 3 amide bonds. The van der Waals surface area contributed by atoms with Gasteiger partial charge in [0.15, 0.2) is 0 Å². The summed E-state index contributed by atoms with van der Waals surface area (Å²) in [6.07, 6.45) is 3.14. The van der Waals surface area contributed by atoms with Gasteiger partial charge in [-0.2, -0.15) is 0 Å². The SMILES string of the molecule is CCN(CC)C(=O)N1CCN(C(=O)CCN2CCCC2)CC1. The van der Waals surface area contributed by atoms with E-state index in [1.165, 1.54) is 12.8 Å². The number of hydrogen-bond donors (Lipinski definition) is 0. The molecule has 0 aromatic carbocycles. The van der Waals surface area contributed by atoms with E-state index in [-0.39, 0.29) is 11.9 Å². The van der Waals surface area contributed by atoms with Gasteiger partial charge in [0.1, 0.15) is 0 Å². The van der Waals surface area contributed by atoms with Gasteiger partial charge in [0.25, 0.3) is 0 Å².